The minimum Gasteiger partial charge on any atom is -0.492 e. The highest BCUT2D eigenvalue weighted by Gasteiger charge is 2.14. The van der Waals surface area contributed by atoms with Gasteiger partial charge in [-0.05, 0) is 71.3 Å². The molecule has 0 bridgehead atoms. The minimum atomic E-state index is -0.386. The molecular weight excluding hydrogens is 482 g/mol. The lowest BCUT2D eigenvalue weighted by Crippen LogP contribution is -2.35. The Morgan fingerprint density at radius 3 is 2.61 bits per heavy atom. The third kappa shape index (κ3) is 7.93. The van der Waals surface area contributed by atoms with E-state index in [1.54, 1.807) is 42.5 Å². The first kappa shape index (κ1) is 24.8. The summed E-state index contributed by atoms with van der Waals surface area (Å²) in [5, 5.41) is 17.2. The maximum Gasteiger partial charge on any atom is 0.257 e. The number of aliphatic hydroxyl groups excluding tert-OH is 1. The molecule has 0 aromatic heterocycles. The fourth-order valence-corrected chi connectivity index (χ4v) is 3.28. The number of carbonyl (C=O) groups is 2. The molecule has 7 nitrogen and oxygen atoms in total. The smallest absolute Gasteiger partial charge is 0.257 e. The number of benzene rings is 2. The van der Waals surface area contributed by atoms with Crippen molar-refractivity contribution in [1.29, 1.82) is 0 Å². The summed E-state index contributed by atoms with van der Waals surface area (Å²) < 4.78 is 6.35. The summed E-state index contributed by atoms with van der Waals surface area (Å²) in [7, 11) is 0. The van der Waals surface area contributed by atoms with E-state index in [4.69, 9.17) is 22.1 Å². The molecule has 0 heterocycles. The standard InChI is InChI=1S/C22H26BrN3O4S/c1-2-3-13-30-19-10-9-15(14-17(19)23)20(28)26-22(31)25-18-8-5-4-7-16(18)21(29)24-11-6-12-27/h4-5,7-10,14,27H,2-3,6,11-13H2,1H3,(H,24,29)(H2,25,26,28,31). The highest BCUT2D eigenvalue weighted by Crippen LogP contribution is 2.26. The second-order valence-electron chi connectivity index (χ2n) is 6.63. The van der Waals surface area contributed by atoms with Gasteiger partial charge < -0.3 is 20.5 Å². The Labute approximate surface area is 195 Å². The lowest BCUT2D eigenvalue weighted by Gasteiger charge is -2.14. The van der Waals surface area contributed by atoms with Crippen molar-refractivity contribution >= 4 is 50.8 Å². The van der Waals surface area contributed by atoms with Crippen molar-refractivity contribution in [1.82, 2.24) is 10.6 Å². The van der Waals surface area contributed by atoms with Crippen LogP contribution < -0.4 is 20.7 Å². The van der Waals surface area contributed by atoms with E-state index >= 15 is 0 Å². The zero-order valence-electron chi connectivity index (χ0n) is 17.2. The Balaban J connectivity index is 1.99. The SMILES string of the molecule is CCCCOc1ccc(C(=O)NC(=S)Nc2ccccc2C(=O)NCCCO)cc1Br. The van der Waals surface area contributed by atoms with Crippen molar-refractivity contribution in [2.24, 2.45) is 0 Å². The summed E-state index contributed by atoms with van der Waals surface area (Å²) in [6.45, 7) is 3.06. The predicted molar refractivity (Wildman–Crippen MR) is 129 cm³/mol. The molecule has 0 radical (unpaired) electrons. The molecule has 0 spiro atoms. The van der Waals surface area contributed by atoms with Crippen LogP contribution in [0.2, 0.25) is 0 Å². The number of anilines is 1. The summed E-state index contributed by atoms with van der Waals surface area (Å²) in [6.07, 6.45) is 2.46. The number of para-hydroxylation sites is 1. The predicted octanol–water partition coefficient (Wildman–Crippen LogP) is 3.87. The number of rotatable bonds is 10. The van der Waals surface area contributed by atoms with Gasteiger partial charge in [0.1, 0.15) is 5.75 Å². The van der Waals surface area contributed by atoms with Gasteiger partial charge in [-0.25, -0.2) is 0 Å². The third-order valence-corrected chi connectivity index (χ3v) is 5.04. The van der Waals surface area contributed by atoms with Crippen LogP contribution in [0, 0.1) is 0 Å². The number of hydrogen-bond acceptors (Lipinski definition) is 5. The van der Waals surface area contributed by atoms with Crippen LogP contribution in [0.25, 0.3) is 0 Å². The molecule has 0 saturated carbocycles. The van der Waals surface area contributed by atoms with E-state index in [-0.39, 0.29) is 23.5 Å². The van der Waals surface area contributed by atoms with Gasteiger partial charge >= 0.3 is 0 Å². The number of carbonyl (C=O) groups excluding carboxylic acids is 2. The molecule has 0 aliphatic carbocycles. The van der Waals surface area contributed by atoms with Crippen molar-refractivity contribution in [2.75, 3.05) is 25.1 Å². The van der Waals surface area contributed by atoms with Crippen LogP contribution in [0.4, 0.5) is 5.69 Å². The fraction of sp³-hybridized carbons (Fsp3) is 0.318. The second kappa shape index (κ2) is 13.0. The number of aliphatic hydroxyl groups is 1. The van der Waals surface area contributed by atoms with Crippen LogP contribution in [0.3, 0.4) is 0 Å². The Kier molecular flexibility index (Phi) is 10.4. The minimum absolute atomic E-state index is 0.00173. The maximum absolute atomic E-state index is 12.6. The number of halogens is 1. The summed E-state index contributed by atoms with van der Waals surface area (Å²) in [5.41, 5.74) is 1.26. The number of hydrogen-bond donors (Lipinski definition) is 4. The van der Waals surface area contributed by atoms with Gasteiger partial charge in [-0.2, -0.15) is 0 Å². The van der Waals surface area contributed by atoms with E-state index in [2.05, 4.69) is 38.8 Å². The topological polar surface area (TPSA) is 99.7 Å². The van der Waals surface area contributed by atoms with Crippen LogP contribution in [0.5, 0.6) is 5.75 Å². The normalized spacial score (nSPS) is 10.3. The molecule has 0 fully saturated rings. The summed E-state index contributed by atoms with van der Waals surface area (Å²) in [6, 6.07) is 11.9. The molecule has 0 unspecified atom stereocenters. The zero-order valence-corrected chi connectivity index (χ0v) is 19.6. The molecule has 166 valence electrons. The molecular formula is C22H26BrN3O4S. The number of amides is 2. The molecule has 0 saturated heterocycles. The van der Waals surface area contributed by atoms with Crippen LogP contribution >= 0.6 is 28.1 Å². The maximum atomic E-state index is 12.6. The highest BCUT2D eigenvalue weighted by molar-refractivity contribution is 9.10. The van der Waals surface area contributed by atoms with Gasteiger partial charge in [0.05, 0.1) is 22.3 Å². The van der Waals surface area contributed by atoms with Gasteiger partial charge in [-0.1, -0.05) is 25.5 Å². The van der Waals surface area contributed by atoms with Gasteiger partial charge in [0.15, 0.2) is 5.11 Å². The van der Waals surface area contributed by atoms with Crippen LogP contribution in [0.1, 0.15) is 46.9 Å². The van der Waals surface area contributed by atoms with Gasteiger partial charge in [-0.3, -0.25) is 14.9 Å². The van der Waals surface area contributed by atoms with Crippen LogP contribution in [-0.2, 0) is 0 Å². The Hall–Kier alpha value is -2.49. The molecule has 2 amide bonds. The monoisotopic (exact) mass is 507 g/mol. The Bertz CT molecular complexity index is 923. The largest absolute Gasteiger partial charge is 0.492 e. The molecule has 4 N–H and O–H groups in total. The Morgan fingerprint density at radius 2 is 1.90 bits per heavy atom. The lowest BCUT2D eigenvalue weighted by molar-refractivity contribution is 0.0950. The van der Waals surface area contributed by atoms with E-state index in [1.807, 2.05) is 0 Å². The Morgan fingerprint density at radius 1 is 1.13 bits per heavy atom. The quantitative estimate of drug-likeness (QED) is 0.287. The highest BCUT2D eigenvalue weighted by atomic mass is 79.9. The second-order valence-corrected chi connectivity index (χ2v) is 7.90. The molecule has 2 aromatic rings. The molecule has 0 atom stereocenters. The van der Waals surface area contributed by atoms with Gasteiger partial charge in [-0.15, -0.1) is 0 Å². The number of thiocarbonyl (C=S) groups is 1. The van der Waals surface area contributed by atoms with E-state index in [0.717, 1.165) is 12.8 Å². The van der Waals surface area contributed by atoms with E-state index < -0.39 is 0 Å². The molecule has 2 aromatic carbocycles. The molecule has 31 heavy (non-hydrogen) atoms. The summed E-state index contributed by atoms with van der Waals surface area (Å²) >= 11 is 8.67. The average molecular weight is 508 g/mol. The van der Waals surface area contributed by atoms with Gasteiger partial charge in [0.2, 0.25) is 0 Å². The molecule has 2 rings (SSSR count). The van der Waals surface area contributed by atoms with Gasteiger partial charge in [0.25, 0.3) is 11.8 Å². The molecule has 0 aliphatic rings. The first-order valence-electron chi connectivity index (χ1n) is 9.99. The first-order valence-corrected chi connectivity index (χ1v) is 11.2. The third-order valence-electron chi connectivity index (χ3n) is 4.22. The number of ether oxygens (including phenoxy) is 1. The number of nitrogens with one attached hydrogen (secondary N) is 3. The van der Waals surface area contributed by atoms with Crippen LogP contribution in [0.15, 0.2) is 46.9 Å². The van der Waals surface area contributed by atoms with Crippen LogP contribution in [-0.4, -0.2) is 41.8 Å². The van der Waals surface area contributed by atoms with E-state index in [9.17, 15) is 9.59 Å². The van der Waals surface area contributed by atoms with Crippen molar-refractivity contribution in [3.8, 4) is 5.75 Å². The lowest BCUT2D eigenvalue weighted by atomic mass is 10.1. The first-order chi connectivity index (χ1) is 15.0. The summed E-state index contributed by atoms with van der Waals surface area (Å²) in [5.74, 6) is -0.0108. The molecule has 0 aliphatic heterocycles. The van der Waals surface area contributed by atoms with Crippen molar-refractivity contribution in [2.45, 2.75) is 26.2 Å². The van der Waals surface area contributed by atoms with Crippen molar-refractivity contribution in [3.05, 3.63) is 58.1 Å². The van der Waals surface area contributed by atoms with Crippen molar-refractivity contribution < 1.29 is 19.4 Å². The number of unbranched alkanes of at least 4 members (excludes halogenated alkanes) is 1. The molecule has 9 heteroatoms. The fourth-order valence-electron chi connectivity index (χ4n) is 2.58. The zero-order chi connectivity index (χ0) is 22.6. The average Bonchev–Trinajstić information content (AvgIpc) is 2.75. The van der Waals surface area contributed by atoms with Crippen molar-refractivity contribution in [3.63, 3.8) is 0 Å². The summed E-state index contributed by atoms with van der Waals surface area (Å²) in [4.78, 5) is 24.9. The van der Waals surface area contributed by atoms with Gasteiger partial charge in [0, 0.05) is 18.7 Å². The van der Waals surface area contributed by atoms with E-state index in [1.165, 1.54) is 0 Å². The van der Waals surface area contributed by atoms with E-state index in [0.29, 0.717) is 46.6 Å².